The Balaban J connectivity index is 2.20. The second kappa shape index (κ2) is 5.70. The molecule has 1 fully saturated rings. The number of carbonyl (C=O) groups excluding carboxylic acids is 2. The van der Waals surface area contributed by atoms with Gasteiger partial charge in [0.2, 0.25) is 0 Å². The van der Waals surface area contributed by atoms with Gasteiger partial charge >= 0.3 is 11.8 Å². The van der Waals surface area contributed by atoms with E-state index < -0.39 is 11.8 Å². The van der Waals surface area contributed by atoms with E-state index in [4.69, 9.17) is 5.84 Å². The summed E-state index contributed by atoms with van der Waals surface area (Å²) >= 11 is 0. The Morgan fingerprint density at radius 2 is 1.80 bits per heavy atom. The predicted octanol–water partition coefficient (Wildman–Crippen LogP) is -0.0812. The van der Waals surface area contributed by atoms with E-state index in [0.717, 1.165) is 18.8 Å². The smallest absolute Gasteiger partial charge is 0.323 e. The zero-order valence-electron chi connectivity index (χ0n) is 9.08. The zero-order valence-corrected chi connectivity index (χ0v) is 9.08. The summed E-state index contributed by atoms with van der Waals surface area (Å²) in [5.41, 5.74) is 1.81. The average Bonchev–Trinajstić information content (AvgIpc) is 2.26. The van der Waals surface area contributed by atoms with Crippen LogP contribution in [0.5, 0.6) is 0 Å². The highest BCUT2D eigenvalue weighted by Crippen LogP contribution is 2.27. The normalized spacial score (nSPS) is 25.7. The van der Waals surface area contributed by atoms with Gasteiger partial charge in [-0.05, 0) is 24.7 Å². The Morgan fingerprint density at radius 1 is 1.20 bits per heavy atom. The molecule has 0 aliphatic heterocycles. The lowest BCUT2D eigenvalue weighted by Crippen LogP contribution is -2.44. The van der Waals surface area contributed by atoms with E-state index in [2.05, 4.69) is 12.2 Å². The second-order valence-electron chi connectivity index (χ2n) is 4.31. The molecule has 1 rings (SSSR count). The zero-order chi connectivity index (χ0) is 11.3. The van der Waals surface area contributed by atoms with Gasteiger partial charge in [0.15, 0.2) is 0 Å². The standard InChI is InChI=1S/C10H19N3O2/c1-7-2-4-8(5-3-7)6-12-9(14)10(15)13-11/h7-8H,2-6,11H2,1H3,(H,12,14)(H,13,15). The van der Waals surface area contributed by atoms with Crippen molar-refractivity contribution in [2.45, 2.75) is 32.6 Å². The number of nitrogens with one attached hydrogen (secondary N) is 2. The Kier molecular flexibility index (Phi) is 4.55. The van der Waals surface area contributed by atoms with Crippen molar-refractivity contribution in [2.24, 2.45) is 17.7 Å². The molecule has 0 aromatic rings. The molecule has 0 atom stereocenters. The molecule has 0 unspecified atom stereocenters. The van der Waals surface area contributed by atoms with E-state index >= 15 is 0 Å². The van der Waals surface area contributed by atoms with Crippen molar-refractivity contribution in [3.63, 3.8) is 0 Å². The van der Waals surface area contributed by atoms with Crippen LogP contribution >= 0.6 is 0 Å². The lowest BCUT2D eigenvalue weighted by atomic mass is 9.83. The molecule has 86 valence electrons. The van der Waals surface area contributed by atoms with Gasteiger partial charge in [0.05, 0.1) is 0 Å². The maximum absolute atomic E-state index is 11.1. The lowest BCUT2D eigenvalue weighted by molar-refractivity contribution is -0.139. The first-order valence-corrected chi connectivity index (χ1v) is 5.42. The molecule has 2 amide bonds. The number of hydrogen-bond acceptors (Lipinski definition) is 3. The van der Waals surface area contributed by atoms with Crippen LogP contribution in [0.25, 0.3) is 0 Å². The van der Waals surface area contributed by atoms with Crippen LogP contribution in [0, 0.1) is 11.8 Å². The van der Waals surface area contributed by atoms with Gasteiger partial charge in [-0.1, -0.05) is 19.8 Å². The molecule has 0 heterocycles. The highest BCUT2D eigenvalue weighted by Gasteiger charge is 2.19. The molecule has 0 saturated heterocycles. The lowest BCUT2D eigenvalue weighted by Gasteiger charge is -2.25. The molecule has 1 saturated carbocycles. The third-order valence-electron chi connectivity index (χ3n) is 3.02. The monoisotopic (exact) mass is 213 g/mol. The van der Waals surface area contributed by atoms with Crippen molar-refractivity contribution < 1.29 is 9.59 Å². The molecule has 0 aromatic carbocycles. The number of amides is 2. The van der Waals surface area contributed by atoms with Gasteiger partial charge in [-0.25, -0.2) is 5.84 Å². The van der Waals surface area contributed by atoms with Crippen molar-refractivity contribution in [3.8, 4) is 0 Å². The third-order valence-corrected chi connectivity index (χ3v) is 3.02. The van der Waals surface area contributed by atoms with E-state index in [0.29, 0.717) is 12.5 Å². The predicted molar refractivity (Wildman–Crippen MR) is 56.5 cm³/mol. The summed E-state index contributed by atoms with van der Waals surface area (Å²) in [7, 11) is 0. The van der Waals surface area contributed by atoms with Crippen LogP contribution in [0.15, 0.2) is 0 Å². The van der Waals surface area contributed by atoms with E-state index in [-0.39, 0.29) is 0 Å². The van der Waals surface area contributed by atoms with Gasteiger partial charge in [-0.15, -0.1) is 0 Å². The number of nitrogens with two attached hydrogens (primary N) is 1. The van der Waals surface area contributed by atoms with Crippen molar-refractivity contribution in [1.82, 2.24) is 10.7 Å². The number of rotatable bonds is 2. The van der Waals surface area contributed by atoms with Crippen LogP contribution in [0.2, 0.25) is 0 Å². The number of carbonyl (C=O) groups is 2. The third kappa shape index (κ3) is 3.87. The van der Waals surface area contributed by atoms with Gasteiger partial charge in [0, 0.05) is 6.54 Å². The van der Waals surface area contributed by atoms with E-state index in [1.807, 2.05) is 5.43 Å². The van der Waals surface area contributed by atoms with Crippen LogP contribution < -0.4 is 16.6 Å². The van der Waals surface area contributed by atoms with Gasteiger partial charge in [0.1, 0.15) is 0 Å². The summed E-state index contributed by atoms with van der Waals surface area (Å²) < 4.78 is 0. The summed E-state index contributed by atoms with van der Waals surface area (Å²) in [6.45, 7) is 2.83. The summed E-state index contributed by atoms with van der Waals surface area (Å²) in [5, 5.41) is 2.59. The summed E-state index contributed by atoms with van der Waals surface area (Å²) in [6, 6.07) is 0. The quantitative estimate of drug-likeness (QED) is 0.259. The largest absolute Gasteiger partial charge is 0.348 e. The fraction of sp³-hybridized carbons (Fsp3) is 0.800. The van der Waals surface area contributed by atoms with Crippen molar-refractivity contribution in [1.29, 1.82) is 0 Å². The van der Waals surface area contributed by atoms with Crippen LogP contribution in [0.4, 0.5) is 0 Å². The van der Waals surface area contributed by atoms with E-state index in [1.54, 1.807) is 0 Å². The maximum atomic E-state index is 11.1. The molecule has 5 nitrogen and oxygen atoms in total. The molecule has 0 radical (unpaired) electrons. The fourth-order valence-corrected chi connectivity index (χ4v) is 1.92. The first-order chi connectivity index (χ1) is 7.13. The van der Waals surface area contributed by atoms with Crippen LogP contribution in [0.3, 0.4) is 0 Å². The first-order valence-electron chi connectivity index (χ1n) is 5.42. The summed E-state index contributed by atoms with van der Waals surface area (Å²) in [6.07, 6.45) is 4.69. The van der Waals surface area contributed by atoms with E-state index in [9.17, 15) is 9.59 Å². The summed E-state index contributed by atoms with van der Waals surface area (Å²) in [5.74, 6) is 4.72. The average molecular weight is 213 g/mol. The van der Waals surface area contributed by atoms with E-state index in [1.165, 1.54) is 12.8 Å². The van der Waals surface area contributed by atoms with Crippen molar-refractivity contribution in [3.05, 3.63) is 0 Å². The highest BCUT2D eigenvalue weighted by molar-refractivity contribution is 6.34. The SMILES string of the molecule is CC1CCC(CNC(=O)C(=O)NN)CC1. The molecule has 4 N–H and O–H groups in total. The highest BCUT2D eigenvalue weighted by atomic mass is 16.2. The molecule has 1 aliphatic carbocycles. The maximum Gasteiger partial charge on any atom is 0.323 e. The van der Waals surface area contributed by atoms with Crippen LogP contribution in [0.1, 0.15) is 32.6 Å². The van der Waals surface area contributed by atoms with Crippen molar-refractivity contribution >= 4 is 11.8 Å². The van der Waals surface area contributed by atoms with Gasteiger partial charge < -0.3 is 5.32 Å². The Hall–Kier alpha value is -1.10. The second-order valence-corrected chi connectivity index (χ2v) is 4.31. The molecule has 0 spiro atoms. The minimum atomic E-state index is -0.779. The minimum Gasteiger partial charge on any atom is -0.348 e. The fourth-order valence-electron chi connectivity index (χ4n) is 1.92. The molecule has 1 aliphatic rings. The molecule has 5 heteroatoms. The van der Waals surface area contributed by atoms with Gasteiger partial charge in [0.25, 0.3) is 0 Å². The number of hydrazine groups is 1. The molecule has 0 bridgehead atoms. The minimum absolute atomic E-state index is 0.510. The van der Waals surface area contributed by atoms with Gasteiger partial charge in [-0.2, -0.15) is 0 Å². The Labute approximate surface area is 89.8 Å². The van der Waals surface area contributed by atoms with Crippen LogP contribution in [-0.2, 0) is 9.59 Å². The summed E-state index contributed by atoms with van der Waals surface area (Å²) in [4.78, 5) is 21.9. The molecule has 0 aromatic heterocycles. The number of hydrogen-bond donors (Lipinski definition) is 3. The van der Waals surface area contributed by atoms with Gasteiger partial charge in [-0.3, -0.25) is 15.0 Å². The topological polar surface area (TPSA) is 84.2 Å². The van der Waals surface area contributed by atoms with Crippen LogP contribution in [-0.4, -0.2) is 18.4 Å². The van der Waals surface area contributed by atoms with Crippen molar-refractivity contribution in [2.75, 3.05) is 6.54 Å². The first kappa shape index (κ1) is 12.0. The molecular weight excluding hydrogens is 194 g/mol. The Bertz CT molecular complexity index is 235. The molecular formula is C10H19N3O2. The molecule has 15 heavy (non-hydrogen) atoms. The Morgan fingerprint density at radius 3 is 2.33 bits per heavy atom.